The molecule has 0 saturated carbocycles. The Kier molecular flexibility index (Phi) is 2.45. The summed E-state index contributed by atoms with van der Waals surface area (Å²) in [6.07, 6.45) is 0. The van der Waals surface area contributed by atoms with Crippen LogP contribution in [-0.4, -0.2) is 19.1 Å². The minimum absolute atomic E-state index is 0.134. The molecule has 0 saturated heterocycles. The summed E-state index contributed by atoms with van der Waals surface area (Å²) < 4.78 is 1.17. The van der Waals surface area contributed by atoms with Crippen LogP contribution in [0.3, 0.4) is 0 Å². The lowest BCUT2D eigenvalue weighted by Crippen LogP contribution is -2.47. The monoisotopic (exact) mass is 268 g/mol. The third-order valence-electron chi connectivity index (χ3n) is 2.69. The van der Waals surface area contributed by atoms with Gasteiger partial charge in [0.05, 0.1) is 11.4 Å². The number of halogens is 1. The van der Waals surface area contributed by atoms with Crippen molar-refractivity contribution in [1.29, 1.82) is 0 Å². The van der Waals surface area contributed by atoms with Crippen LogP contribution in [0, 0.1) is 6.92 Å². The molecule has 0 fully saturated rings. The van der Waals surface area contributed by atoms with Crippen molar-refractivity contribution in [1.82, 2.24) is 0 Å². The number of benzene rings is 1. The fourth-order valence-electron chi connectivity index (χ4n) is 2.29. The van der Waals surface area contributed by atoms with E-state index in [1.807, 2.05) is 0 Å². The van der Waals surface area contributed by atoms with E-state index in [1.54, 1.807) is 0 Å². The highest BCUT2D eigenvalue weighted by Gasteiger charge is 2.28. The minimum Gasteiger partial charge on any atom is -0.377 e. The number of likely N-dealkylation sites (N-methyl/N-ethyl adjacent to an activating group) is 1. The van der Waals surface area contributed by atoms with E-state index in [0.29, 0.717) is 0 Å². The molecule has 0 unspecified atom stereocenters. The summed E-state index contributed by atoms with van der Waals surface area (Å²) in [5, 5.41) is 3.58. The third kappa shape index (κ3) is 1.98. The summed E-state index contributed by atoms with van der Waals surface area (Å²) in [6, 6.07) is 4.37. The van der Waals surface area contributed by atoms with Crippen LogP contribution >= 0.6 is 15.9 Å². The van der Waals surface area contributed by atoms with Crippen molar-refractivity contribution >= 4 is 27.3 Å². The van der Waals surface area contributed by atoms with Crippen LogP contribution in [0.2, 0.25) is 0 Å². The van der Waals surface area contributed by atoms with Crippen molar-refractivity contribution in [3.05, 3.63) is 22.2 Å². The van der Waals surface area contributed by atoms with Crippen molar-refractivity contribution < 1.29 is 0 Å². The molecule has 0 atom stereocenters. The van der Waals surface area contributed by atoms with E-state index in [-0.39, 0.29) is 5.54 Å². The van der Waals surface area contributed by atoms with Gasteiger partial charge < -0.3 is 10.2 Å². The lowest BCUT2D eigenvalue weighted by atomic mass is 9.99. The molecule has 0 radical (unpaired) electrons. The van der Waals surface area contributed by atoms with Crippen LogP contribution in [0.15, 0.2) is 16.6 Å². The number of hydrogen-bond acceptors (Lipinski definition) is 2. The quantitative estimate of drug-likeness (QED) is 0.776. The predicted molar refractivity (Wildman–Crippen MR) is 69.9 cm³/mol. The Hall–Kier alpha value is -0.700. The molecule has 1 N–H and O–H groups in total. The maximum Gasteiger partial charge on any atom is 0.0744 e. The van der Waals surface area contributed by atoms with E-state index >= 15 is 0 Å². The first kappa shape index (κ1) is 10.8. The van der Waals surface area contributed by atoms with E-state index in [2.05, 4.69) is 66.1 Å². The van der Waals surface area contributed by atoms with Crippen LogP contribution < -0.4 is 10.2 Å². The molecular formula is C12H17BrN2. The Bertz CT molecular complexity index is 399. The van der Waals surface area contributed by atoms with E-state index in [0.717, 1.165) is 6.54 Å². The highest BCUT2D eigenvalue weighted by molar-refractivity contribution is 9.10. The van der Waals surface area contributed by atoms with Crippen LogP contribution in [0.4, 0.5) is 11.4 Å². The molecular weight excluding hydrogens is 252 g/mol. The summed E-state index contributed by atoms with van der Waals surface area (Å²) in [5.74, 6) is 0. The van der Waals surface area contributed by atoms with Gasteiger partial charge >= 0.3 is 0 Å². The normalized spacial score (nSPS) is 18.3. The Morgan fingerprint density at radius 3 is 2.73 bits per heavy atom. The predicted octanol–water partition coefficient (Wildman–Crippen LogP) is 3.40. The van der Waals surface area contributed by atoms with Crippen molar-refractivity contribution in [2.75, 3.05) is 23.8 Å². The first-order valence-electron chi connectivity index (χ1n) is 5.18. The molecule has 0 aromatic heterocycles. The van der Waals surface area contributed by atoms with Gasteiger partial charge in [-0.25, -0.2) is 0 Å². The number of anilines is 2. The zero-order chi connectivity index (χ0) is 11.2. The van der Waals surface area contributed by atoms with Gasteiger partial charge in [-0.3, -0.25) is 0 Å². The largest absolute Gasteiger partial charge is 0.377 e. The van der Waals surface area contributed by atoms with Crippen molar-refractivity contribution in [3.63, 3.8) is 0 Å². The Morgan fingerprint density at radius 1 is 1.40 bits per heavy atom. The van der Waals surface area contributed by atoms with Crippen LogP contribution in [-0.2, 0) is 0 Å². The van der Waals surface area contributed by atoms with Crippen LogP contribution in [0.5, 0.6) is 0 Å². The lowest BCUT2D eigenvalue weighted by molar-refractivity contribution is 0.549. The first-order valence-corrected chi connectivity index (χ1v) is 5.98. The standard InChI is InChI=1S/C12H17BrN2/c1-8-5-9(13)11-10(6-8)14-12(2,3)7-15(11)4/h5-6,14H,7H2,1-4H3. The molecule has 1 aromatic carbocycles. The topological polar surface area (TPSA) is 15.3 Å². The smallest absolute Gasteiger partial charge is 0.0744 e. The van der Waals surface area contributed by atoms with Gasteiger partial charge in [-0.05, 0) is 54.4 Å². The fourth-order valence-corrected chi connectivity index (χ4v) is 3.17. The Morgan fingerprint density at radius 2 is 2.07 bits per heavy atom. The van der Waals surface area contributed by atoms with Crippen molar-refractivity contribution in [3.8, 4) is 0 Å². The molecule has 1 aromatic rings. The van der Waals surface area contributed by atoms with Gasteiger partial charge in [0.2, 0.25) is 0 Å². The fraction of sp³-hybridized carbons (Fsp3) is 0.500. The van der Waals surface area contributed by atoms with Gasteiger partial charge in [-0.2, -0.15) is 0 Å². The molecule has 0 spiro atoms. The summed E-state index contributed by atoms with van der Waals surface area (Å²) in [5.41, 5.74) is 3.90. The van der Waals surface area contributed by atoms with Gasteiger partial charge in [-0.1, -0.05) is 0 Å². The second kappa shape index (κ2) is 3.41. The van der Waals surface area contributed by atoms with Crippen LogP contribution in [0.25, 0.3) is 0 Å². The maximum absolute atomic E-state index is 3.63. The molecule has 1 aliphatic rings. The molecule has 2 nitrogen and oxygen atoms in total. The van der Waals surface area contributed by atoms with Crippen LogP contribution in [0.1, 0.15) is 19.4 Å². The summed E-state index contributed by atoms with van der Waals surface area (Å²) in [6.45, 7) is 7.58. The number of fused-ring (bicyclic) bond motifs is 1. The van der Waals surface area contributed by atoms with Gasteiger partial charge in [0, 0.05) is 23.6 Å². The minimum atomic E-state index is 0.134. The number of aryl methyl sites for hydroxylation is 1. The highest BCUT2D eigenvalue weighted by Crippen LogP contribution is 2.39. The Balaban J connectivity index is 2.55. The van der Waals surface area contributed by atoms with Gasteiger partial charge in [0.25, 0.3) is 0 Å². The molecule has 1 heterocycles. The van der Waals surface area contributed by atoms with Gasteiger partial charge in [-0.15, -0.1) is 0 Å². The van der Waals surface area contributed by atoms with Crippen molar-refractivity contribution in [2.45, 2.75) is 26.3 Å². The van der Waals surface area contributed by atoms with E-state index in [1.165, 1.54) is 21.4 Å². The molecule has 0 bridgehead atoms. The van der Waals surface area contributed by atoms with E-state index in [9.17, 15) is 0 Å². The second-order valence-corrected chi connectivity index (χ2v) is 5.86. The van der Waals surface area contributed by atoms with E-state index < -0.39 is 0 Å². The molecule has 1 aliphatic heterocycles. The molecule has 15 heavy (non-hydrogen) atoms. The molecule has 82 valence electrons. The second-order valence-electron chi connectivity index (χ2n) is 5.01. The zero-order valence-electron chi connectivity index (χ0n) is 9.69. The molecule has 0 amide bonds. The van der Waals surface area contributed by atoms with E-state index in [4.69, 9.17) is 0 Å². The van der Waals surface area contributed by atoms with Crippen molar-refractivity contribution in [2.24, 2.45) is 0 Å². The summed E-state index contributed by atoms with van der Waals surface area (Å²) in [4.78, 5) is 2.30. The average Bonchev–Trinajstić information content (AvgIpc) is 1.97. The Labute approximate surface area is 99.8 Å². The average molecular weight is 269 g/mol. The maximum atomic E-state index is 3.63. The number of nitrogens with zero attached hydrogens (tertiary/aromatic N) is 1. The molecule has 2 rings (SSSR count). The summed E-state index contributed by atoms with van der Waals surface area (Å²) in [7, 11) is 2.14. The highest BCUT2D eigenvalue weighted by atomic mass is 79.9. The SMILES string of the molecule is Cc1cc(Br)c2c(c1)NC(C)(C)CN2C. The van der Waals surface area contributed by atoms with Gasteiger partial charge in [0.15, 0.2) is 0 Å². The lowest BCUT2D eigenvalue weighted by Gasteiger charge is -2.41. The molecule has 0 aliphatic carbocycles. The number of nitrogens with one attached hydrogen (secondary N) is 1. The summed E-state index contributed by atoms with van der Waals surface area (Å²) >= 11 is 3.63. The van der Waals surface area contributed by atoms with Gasteiger partial charge in [0.1, 0.15) is 0 Å². The zero-order valence-corrected chi connectivity index (χ0v) is 11.3. The first-order chi connectivity index (χ1) is 6.89. The molecule has 3 heteroatoms. The number of hydrogen-bond donors (Lipinski definition) is 1. The number of rotatable bonds is 0. The third-order valence-corrected chi connectivity index (χ3v) is 3.30.